The molecule has 0 atom stereocenters. The number of anilines is 2. The molecule has 3 heterocycles. The highest BCUT2D eigenvalue weighted by molar-refractivity contribution is 7.15. The minimum atomic E-state index is -0.581. The summed E-state index contributed by atoms with van der Waals surface area (Å²) in [4.78, 5) is 41.6. The Morgan fingerprint density at radius 1 is 1.14 bits per heavy atom. The van der Waals surface area contributed by atoms with Crippen LogP contribution in [0.2, 0.25) is 0 Å². The fourth-order valence-corrected chi connectivity index (χ4v) is 5.10. The number of carbonyl (C=O) groups excluding carboxylic acids is 2. The van der Waals surface area contributed by atoms with Crippen molar-refractivity contribution in [1.82, 2.24) is 19.7 Å². The van der Waals surface area contributed by atoms with Crippen LogP contribution in [0.5, 0.6) is 0 Å². The van der Waals surface area contributed by atoms with Crippen LogP contribution in [-0.4, -0.2) is 57.7 Å². The van der Waals surface area contributed by atoms with Crippen molar-refractivity contribution in [2.45, 2.75) is 45.6 Å². The van der Waals surface area contributed by atoms with Crippen molar-refractivity contribution < 1.29 is 14.0 Å². The van der Waals surface area contributed by atoms with Crippen molar-refractivity contribution in [3.63, 3.8) is 0 Å². The number of fused-ring (bicyclic) bond motifs is 1. The third kappa shape index (κ3) is 4.52. The van der Waals surface area contributed by atoms with Gasteiger partial charge in [0.05, 0.1) is 11.2 Å². The van der Waals surface area contributed by atoms with E-state index in [0.717, 1.165) is 17.8 Å². The maximum absolute atomic E-state index is 15.3. The van der Waals surface area contributed by atoms with Crippen LogP contribution < -0.4 is 15.6 Å². The number of nitrogens with zero attached hydrogens (tertiary/aromatic N) is 5. The van der Waals surface area contributed by atoms with Gasteiger partial charge in [-0.3, -0.25) is 19.7 Å². The Hall–Kier alpha value is -3.34. The van der Waals surface area contributed by atoms with Gasteiger partial charge in [0.2, 0.25) is 16.5 Å². The highest BCUT2D eigenvalue weighted by atomic mass is 32.1. The number of hydrogen-bond donors (Lipinski definition) is 1. The number of benzene rings is 1. The first kappa shape index (κ1) is 23.4. The molecule has 2 amide bonds. The van der Waals surface area contributed by atoms with Crippen LogP contribution in [0.3, 0.4) is 0 Å². The van der Waals surface area contributed by atoms with Crippen LogP contribution >= 0.6 is 11.3 Å². The van der Waals surface area contributed by atoms with Crippen LogP contribution in [0.15, 0.2) is 23.1 Å². The van der Waals surface area contributed by atoms with E-state index < -0.39 is 17.2 Å². The van der Waals surface area contributed by atoms with Crippen LogP contribution in [-0.2, 0) is 4.79 Å². The van der Waals surface area contributed by atoms with E-state index in [0.29, 0.717) is 42.5 Å². The first-order chi connectivity index (χ1) is 16.7. The number of halogens is 1. The molecule has 0 unspecified atom stereocenters. The highest BCUT2D eigenvalue weighted by Gasteiger charge is 2.29. The maximum Gasteiger partial charge on any atom is 0.262 e. The second kappa shape index (κ2) is 9.03. The zero-order valence-corrected chi connectivity index (χ0v) is 20.7. The van der Waals surface area contributed by atoms with E-state index in [1.165, 1.54) is 24.3 Å². The van der Waals surface area contributed by atoms with E-state index >= 15 is 4.39 Å². The van der Waals surface area contributed by atoms with Crippen LogP contribution in [0.1, 0.15) is 60.9 Å². The minimum absolute atomic E-state index is 0.00553. The molecule has 2 aliphatic rings. The molecule has 35 heavy (non-hydrogen) atoms. The van der Waals surface area contributed by atoms with E-state index in [1.807, 2.05) is 23.3 Å². The lowest BCUT2D eigenvalue weighted by Crippen LogP contribution is -2.48. The van der Waals surface area contributed by atoms with Gasteiger partial charge in [-0.1, -0.05) is 25.2 Å². The molecule has 1 saturated carbocycles. The van der Waals surface area contributed by atoms with Gasteiger partial charge in [0.25, 0.3) is 5.91 Å². The van der Waals surface area contributed by atoms with Crippen molar-refractivity contribution >= 4 is 44.9 Å². The van der Waals surface area contributed by atoms with Crippen LogP contribution in [0.25, 0.3) is 10.9 Å². The topological polar surface area (TPSA) is 100 Å². The molecule has 2 aromatic heterocycles. The van der Waals surface area contributed by atoms with Gasteiger partial charge in [0.1, 0.15) is 16.4 Å². The molecule has 0 radical (unpaired) electrons. The van der Waals surface area contributed by atoms with Crippen molar-refractivity contribution in [1.29, 1.82) is 0 Å². The zero-order valence-electron chi connectivity index (χ0n) is 19.9. The van der Waals surface area contributed by atoms with Crippen LogP contribution in [0, 0.1) is 5.82 Å². The number of piperazine rings is 1. The molecule has 1 aromatic carbocycles. The summed E-state index contributed by atoms with van der Waals surface area (Å²) in [6, 6.07) is 3.10. The fourth-order valence-electron chi connectivity index (χ4n) is 4.36. The Labute approximate surface area is 205 Å². The van der Waals surface area contributed by atoms with Gasteiger partial charge >= 0.3 is 0 Å². The third-order valence-corrected chi connectivity index (χ3v) is 7.65. The summed E-state index contributed by atoms with van der Waals surface area (Å²) in [6.45, 7) is 7.55. The summed E-state index contributed by atoms with van der Waals surface area (Å²) in [6.07, 6.45) is 3.44. The lowest BCUT2D eigenvalue weighted by molar-refractivity contribution is -0.129. The molecule has 2 fully saturated rings. The summed E-state index contributed by atoms with van der Waals surface area (Å²) in [5.74, 6) is -0.918. The largest absolute Gasteiger partial charge is 0.366 e. The van der Waals surface area contributed by atoms with E-state index in [-0.39, 0.29) is 28.8 Å². The van der Waals surface area contributed by atoms with Crippen molar-refractivity contribution in [3.8, 4) is 0 Å². The second-order valence-corrected chi connectivity index (χ2v) is 10.4. The van der Waals surface area contributed by atoms with Crippen molar-refractivity contribution in [2.75, 3.05) is 36.4 Å². The molecule has 5 rings (SSSR count). The molecule has 1 saturated heterocycles. The average Bonchev–Trinajstić information content (AvgIpc) is 3.56. The first-order valence-electron chi connectivity index (χ1n) is 11.8. The SMILES string of the molecule is CC(=O)N1CCN(c2cc3c(cc2F)c(=O)c(C(=O)Nc2nnc(C(C)C)s2)cn3C2CC2)CC1. The Morgan fingerprint density at radius 3 is 2.46 bits per heavy atom. The van der Waals surface area contributed by atoms with E-state index in [4.69, 9.17) is 0 Å². The number of carbonyl (C=O) groups is 2. The molecule has 9 nitrogen and oxygen atoms in total. The quantitative estimate of drug-likeness (QED) is 0.579. The molecule has 1 aliphatic heterocycles. The Balaban J connectivity index is 1.50. The van der Waals surface area contributed by atoms with Gasteiger partial charge in [-0.05, 0) is 25.0 Å². The van der Waals surface area contributed by atoms with Gasteiger partial charge in [-0.15, -0.1) is 10.2 Å². The number of nitrogens with one attached hydrogen (secondary N) is 1. The summed E-state index contributed by atoms with van der Waals surface area (Å²) in [5, 5.41) is 12.0. The van der Waals surface area contributed by atoms with E-state index in [2.05, 4.69) is 15.5 Å². The molecule has 0 bridgehead atoms. The first-order valence-corrected chi connectivity index (χ1v) is 12.6. The number of amides is 2. The molecular weight excluding hydrogens is 471 g/mol. The molecule has 1 aliphatic carbocycles. The van der Waals surface area contributed by atoms with Gasteiger partial charge in [0, 0.05) is 56.6 Å². The van der Waals surface area contributed by atoms with Gasteiger partial charge < -0.3 is 14.4 Å². The number of pyridine rings is 1. The number of hydrogen-bond acceptors (Lipinski definition) is 7. The van der Waals surface area contributed by atoms with E-state index in [1.54, 1.807) is 17.2 Å². The average molecular weight is 499 g/mol. The van der Waals surface area contributed by atoms with Gasteiger partial charge in [0.15, 0.2) is 0 Å². The lowest BCUT2D eigenvalue weighted by Gasteiger charge is -2.36. The number of rotatable bonds is 5. The minimum Gasteiger partial charge on any atom is -0.366 e. The van der Waals surface area contributed by atoms with E-state index in [9.17, 15) is 14.4 Å². The van der Waals surface area contributed by atoms with Gasteiger partial charge in [-0.25, -0.2) is 4.39 Å². The summed E-state index contributed by atoms with van der Waals surface area (Å²) < 4.78 is 17.2. The van der Waals surface area contributed by atoms with Crippen LogP contribution in [0.4, 0.5) is 15.2 Å². The Bertz CT molecular complexity index is 1370. The van der Waals surface area contributed by atoms with Crippen molar-refractivity contribution in [2.24, 2.45) is 0 Å². The van der Waals surface area contributed by atoms with Crippen molar-refractivity contribution in [3.05, 3.63) is 44.9 Å². The predicted octanol–water partition coefficient (Wildman–Crippen LogP) is 3.37. The molecule has 0 spiro atoms. The lowest BCUT2D eigenvalue weighted by atomic mass is 10.1. The monoisotopic (exact) mass is 498 g/mol. The summed E-state index contributed by atoms with van der Waals surface area (Å²) in [5.41, 5.74) is 0.446. The predicted molar refractivity (Wildman–Crippen MR) is 133 cm³/mol. The molecule has 3 aromatic rings. The second-order valence-electron chi connectivity index (χ2n) is 9.38. The van der Waals surface area contributed by atoms with Gasteiger partial charge in [-0.2, -0.15) is 0 Å². The molecule has 184 valence electrons. The smallest absolute Gasteiger partial charge is 0.262 e. The normalized spacial score (nSPS) is 16.3. The summed E-state index contributed by atoms with van der Waals surface area (Å²) in [7, 11) is 0. The number of aromatic nitrogens is 3. The Morgan fingerprint density at radius 2 is 1.86 bits per heavy atom. The standard InChI is InChI=1S/C24H27FN6O3S/c1-13(2)23-27-28-24(35-23)26-22(34)17-12-31(15-4-5-15)19-11-20(18(25)10-16(19)21(17)33)30-8-6-29(7-9-30)14(3)32/h10-13,15H,4-9H2,1-3H3,(H,26,28,34). The molecule has 11 heteroatoms. The Kier molecular flexibility index (Phi) is 6.04. The molecule has 1 N–H and O–H groups in total. The molecular formula is C24H27FN6O3S. The summed E-state index contributed by atoms with van der Waals surface area (Å²) >= 11 is 1.27. The maximum atomic E-state index is 15.3. The highest BCUT2D eigenvalue weighted by Crippen LogP contribution is 2.38. The fraction of sp³-hybridized carbons (Fsp3) is 0.458. The third-order valence-electron chi connectivity index (χ3n) is 6.51. The zero-order chi connectivity index (χ0) is 24.9.